The molecule has 0 bridgehead atoms. The maximum atomic E-state index is 12.3. The Balaban J connectivity index is 2.77. The molecule has 1 aromatic rings. The molecule has 110 valence electrons. The van der Waals surface area contributed by atoms with Crippen molar-refractivity contribution in [1.29, 1.82) is 0 Å². The van der Waals surface area contributed by atoms with Crippen molar-refractivity contribution in [2.24, 2.45) is 0 Å². The highest BCUT2D eigenvalue weighted by molar-refractivity contribution is 5.97. The summed E-state index contributed by atoms with van der Waals surface area (Å²) in [5.41, 5.74) is 6.74. The van der Waals surface area contributed by atoms with Crippen LogP contribution in [-0.4, -0.2) is 40.8 Å². The lowest BCUT2D eigenvalue weighted by molar-refractivity contribution is -0.122. The minimum Gasteiger partial charge on any atom is -0.397 e. The molecule has 0 saturated carbocycles. The van der Waals surface area contributed by atoms with Gasteiger partial charge in [0.2, 0.25) is 5.91 Å². The zero-order chi connectivity index (χ0) is 15.5. The topological polar surface area (TPSA) is 88.3 Å². The number of rotatable bonds is 3. The maximum Gasteiger partial charge on any atom is 0.255 e. The predicted molar refractivity (Wildman–Crippen MR) is 78.2 cm³/mol. The number of amides is 2. The number of aromatic nitrogens is 1. The smallest absolute Gasteiger partial charge is 0.255 e. The van der Waals surface area contributed by atoms with Crippen LogP contribution in [0, 0.1) is 6.92 Å². The van der Waals surface area contributed by atoms with E-state index < -0.39 is 0 Å². The molecular weight excluding hydrogens is 256 g/mol. The number of nitrogens with zero attached hydrogens (tertiary/aromatic N) is 2. The van der Waals surface area contributed by atoms with Crippen LogP contribution in [0.3, 0.4) is 0 Å². The second-order valence-electron chi connectivity index (χ2n) is 5.86. The summed E-state index contributed by atoms with van der Waals surface area (Å²) in [6.07, 6.45) is 1.50. The van der Waals surface area contributed by atoms with Crippen LogP contribution in [0.25, 0.3) is 0 Å². The van der Waals surface area contributed by atoms with Gasteiger partial charge in [0.05, 0.1) is 29.7 Å². The predicted octanol–water partition coefficient (Wildman–Crippen LogP) is 0.959. The molecule has 1 aromatic heterocycles. The minimum absolute atomic E-state index is 0.00958. The van der Waals surface area contributed by atoms with Gasteiger partial charge in [0, 0.05) is 12.6 Å². The average Bonchev–Trinajstić information content (AvgIpc) is 2.28. The molecule has 2 amide bonds. The first kappa shape index (κ1) is 15.9. The highest BCUT2D eigenvalue weighted by Crippen LogP contribution is 2.11. The lowest BCUT2D eigenvalue weighted by atomic mass is 10.1. The third-order valence-corrected chi connectivity index (χ3v) is 2.58. The van der Waals surface area contributed by atoms with Crippen molar-refractivity contribution < 1.29 is 9.59 Å². The number of pyridine rings is 1. The molecule has 0 aliphatic carbocycles. The van der Waals surface area contributed by atoms with Crippen LogP contribution in [-0.2, 0) is 4.79 Å². The first-order valence-electron chi connectivity index (χ1n) is 6.39. The van der Waals surface area contributed by atoms with Crippen LogP contribution in [0.5, 0.6) is 0 Å². The van der Waals surface area contributed by atoms with Crippen LogP contribution >= 0.6 is 0 Å². The van der Waals surface area contributed by atoms with Gasteiger partial charge in [-0.15, -0.1) is 0 Å². The summed E-state index contributed by atoms with van der Waals surface area (Å²) in [5.74, 6) is -0.478. The molecule has 1 heterocycles. The van der Waals surface area contributed by atoms with Crippen LogP contribution in [0.15, 0.2) is 12.3 Å². The van der Waals surface area contributed by atoms with Crippen molar-refractivity contribution in [3.8, 4) is 0 Å². The lowest BCUT2D eigenvalue weighted by Crippen LogP contribution is -2.46. The van der Waals surface area contributed by atoms with Gasteiger partial charge in [0.25, 0.3) is 5.91 Å². The minimum atomic E-state index is -0.324. The Hall–Kier alpha value is -2.11. The molecule has 6 nitrogen and oxygen atoms in total. The number of likely N-dealkylation sites (N-methyl/N-ethyl adjacent to an activating group) is 1. The number of carbonyl (C=O) groups excluding carboxylic acids is 2. The second kappa shape index (κ2) is 5.90. The molecule has 0 atom stereocenters. The summed E-state index contributed by atoms with van der Waals surface area (Å²) in [6.45, 7) is 7.39. The molecule has 0 spiro atoms. The molecular formula is C14H22N4O2. The number of nitrogens with one attached hydrogen (secondary N) is 1. The maximum absolute atomic E-state index is 12.3. The summed E-state index contributed by atoms with van der Waals surface area (Å²) in [7, 11) is 1.58. The zero-order valence-electron chi connectivity index (χ0n) is 12.7. The molecule has 6 heteroatoms. The van der Waals surface area contributed by atoms with E-state index in [0.29, 0.717) is 16.9 Å². The molecule has 0 aromatic carbocycles. The van der Waals surface area contributed by atoms with Crippen molar-refractivity contribution >= 4 is 17.5 Å². The first-order valence-corrected chi connectivity index (χ1v) is 6.39. The first-order chi connectivity index (χ1) is 9.10. The van der Waals surface area contributed by atoms with Gasteiger partial charge in [0.1, 0.15) is 0 Å². The van der Waals surface area contributed by atoms with Crippen LogP contribution in [0.4, 0.5) is 5.69 Å². The van der Waals surface area contributed by atoms with Crippen molar-refractivity contribution in [2.75, 3.05) is 19.3 Å². The van der Waals surface area contributed by atoms with Crippen LogP contribution in [0.2, 0.25) is 0 Å². The van der Waals surface area contributed by atoms with E-state index in [-0.39, 0.29) is 23.9 Å². The van der Waals surface area contributed by atoms with E-state index in [9.17, 15) is 9.59 Å². The number of hydrogen-bond donors (Lipinski definition) is 2. The number of hydrogen-bond acceptors (Lipinski definition) is 4. The Labute approximate surface area is 119 Å². The summed E-state index contributed by atoms with van der Waals surface area (Å²) in [4.78, 5) is 29.5. The highest BCUT2D eigenvalue weighted by atomic mass is 16.2. The average molecular weight is 278 g/mol. The van der Waals surface area contributed by atoms with Crippen molar-refractivity contribution in [1.82, 2.24) is 15.2 Å². The molecule has 20 heavy (non-hydrogen) atoms. The van der Waals surface area contributed by atoms with Crippen LogP contribution < -0.4 is 11.1 Å². The molecule has 0 aliphatic rings. The molecule has 0 radical (unpaired) electrons. The molecule has 0 aliphatic heterocycles. The normalized spacial score (nSPS) is 11.1. The molecule has 1 rings (SSSR count). The Morgan fingerprint density at radius 3 is 2.55 bits per heavy atom. The second-order valence-corrected chi connectivity index (χ2v) is 5.86. The largest absolute Gasteiger partial charge is 0.397 e. The van der Waals surface area contributed by atoms with Gasteiger partial charge in [-0.25, -0.2) is 0 Å². The molecule has 0 unspecified atom stereocenters. The van der Waals surface area contributed by atoms with E-state index in [1.54, 1.807) is 20.0 Å². The van der Waals surface area contributed by atoms with Gasteiger partial charge in [-0.05, 0) is 33.8 Å². The monoisotopic (exact) mass is 278 g/mol. The fraction of sp³-hybridized carbons (Fsp3) is 0.500. The van der Waals surface area contributed by atoms with Gasteiger partial charge in [0.15, 0.2) is 0 Å². The van der Waals surface area contributed by atoms with E-state index in [1.807, 2.05) is 20.8 Å². The standard InChI is InChI=1S/C14H22N4O2/c1-9-11(6-10(15)7-16-9)13(20)18(5)8-12(19)17-14(2,3)4/h6-7H,8,15H2,1-5H3,(H,17,19). The van der Waals surface area contributed by atoms with Crippen molar-refractivity contribution in [2.45, 2.75) is 33.2 Å². The van der Waals surface area contributed by atoms with Crippen molar-refractivity contribution in [3.63, 3.8) is 0 Å². The molecule has 3 N–H and O–H groups in total. The summed E-state index contributed by atoms with van der Waals surface area (Å²) in [5, 5.41) is 2.81. The van der Waals surface area contributed by atoms with Crippen LogP contribution in [0.1, 0.15) is 36.8 Å². The van der Waals surface area contributed by atoms with Gasteiger partial charge in [-0.2, -0.15) is 0 Å². The van der Waals surface area contributed by atoms with E-state index in [2.05, 4.69) is 10.3 Å². The highest BCUT2D eigenvalue weighted by Gasteiger charge is 2.20. The zero-order valence-corrected chi connectivity index (χ0v) is 12.7. The van der Waals surface area contributed by atoms with E-state index in [1.165, 1.54) is 11.1 Å². The SMILES string of the molecule is Cc1ncc(N)cc1C(=O)N(C)CC(=O)NC(C)(C)C. The summed E-state index contributed by atoms with van der Waals surface area (Å²) >= 11 is 0. The number of aryl methyl sites for hydroxylation is 1. The lowest BCUT2D eigenvalue weighted by Gasteiger charge is -2.23. The van der Waals surface area contributed by atoms with E-state index in [4.69, 9.17) is 5.73 Å². The molecule has 0 saturated heterocycles. The number of nitrogen functional groups attached to an aromatic ring is 1. The number of nitrogens with two attached hydrogens (primary N) is 1. The van der Waals surface area contributed by atoms with Gasteiger partial charge in [-0.1, -0.05) is 0 Å². The van der Waals surface area contributed by atoms with Gasteiger partial charge >= 0.3 is 0 Å². The number of anilines is 1. The molecule has 0 fully saturated rings. The fourth-order valence-corrected chi connectivity index (χ4v) is 1.72. The van der Waals surface area contributed by atoms with E-state index >= 15 is 0 Å². The van der Waals surface area contributed by atoms with Crippen molar-refractivity contribution in [3.05, 3.63) is 23.5 Å². The van der Waals surface area contributed by atoms with E-state index in [0.717, 1.165) is 0 Å². The van der Waals surface area contributed by atoms with Gasteiger partial charge < -0.3 is 16.0 Å². The third kappa shape index (κ3) is 4.53. The Morgan fingerprint density at radius 2 is 2.00 bits per heavy atom. The number of carbonyl (C=O) groups is 2. The third-order valence-electron chi connectivity index (χ3n) is 2.58. The summed E-state index contributed by atoms with van der Waals surface area (Å²) < 4.78 is 0. The fourth-order valence-electron chi connectivity index (χ4n) is 1.72. The Kier molecular flexibility index (Phi) is 4.70. The quantitative estimate of drug-likeness (QED) is 0.862. The summed E-state index contributed by atoms with van der Waals surface area (Å²) in [6, 6.07) is 1.57. The Bertz CT molecular complexity index is 520. The van der Waals surface area contributed by atoms with Gasteiger partial charge in [-0.3, -0.25) is 14.6 Å². The Morgan fingerprint density at radius 1 is 1.40 bits per heavy atom.